The van der Waals surface area contributed by atoms with E-state index in [-0.39, 0.29) is 0 Å². The summed E-state index contributed by atoms with van der Waals surface area (Å²) >= 11 is 1.40. The van der Waals surface area contributed by atoms with E-state index in [1.807, 2.05) is 24.3 Å². The Morgan fingerprint density at radius 2 is 2.15 bits per heavy atom. The van der Waals surface area contributed by atoms with Crippen molar-refractivity contribution in [3.63, 3.8) is 0 Å². The maximum atomic E-state index is 5.28. The van der Waals surface area contributed by atoms with Crippen molar-refractivity contribution in [2.75, 3.05) is 11.9 Å². The van der Waals surface area contributed by atoms with Crippen LogP contribution in [0.5, 0.6) is 0 Å². The molecule has 0 saturated heterocycles. The van der Waals surface area contributed by atoms with Crippen LogP contribution >= 0.6 is 11.8 Å². The molecule has 0 radical (unpaired) electrons. The zero-order chi connectivity index (χ0) is 13.8. The van der Waals surface area contributed by atoms with E-state index in [4.69, 9.17) is 4.42 Å². The standard InChI is InChI=1S/C14H14N4OS/c1-2-7-15-13-17-11-6-4-3-5-10(11)12(18-13)20-14-16-8-9-19-14/h3-6,8-9H,2,7H2,1H3,(H,15,17,18). The average Bonchev–Trinajstić information content (AvgIpc) is 2.98. The second-order valence-corrected chi connectivity index (χ2v) is 5.14. The molecule has 0 atom stereocenters. The molecule has 6 heteroatoms. The van der Waals surface area contributed by atoms with E-state index in [9.17, 15) is 0 Å². The van der Waals surface area contributed by atoms with Crippen LogP contribution in [0.15, 0.2) is 51.4 Å². The lowest BCUT2D eigenvalue weighted by atomic mass is 10.2. The van der Waals surface area contributed by atoms with Crippen LogP contribution in [0.3, 0.4) is 0 Å². The zero-order valence-electron chi connectivity index (χ0n) is 11.0. The van der Waals surface area contributed by atoms with Gasteiger partial charge < -0.3 is 9.73 Å². The molecular formula is C14H14N4OS. The van der Waals surface area contributed by atoms with E-state index >= 15 is 0 Å². The van der Waals surface area contributed by atoms with Crippen molar-refractivity contribution in [2.45, 2.75) is 23.6 Å². The number of hydrogen-bond acceptors (Lipinski definition) is 6. The second-order valence-electron chi connectivity index (χ2n) is 4.20. The molecule has 102 valence electrons. The zero-order valence-corrected chi connectivity index (χ0v) is 11.9. The first-order valence-corrected chi connectivity index (χ1v) is 7.26. The first-order valence-electron chi connectivity index (χ1n) is 6.45. The van der Waals surface area contributed by atoms with Gasteiger partial charge in [-0.05, 0) is 24.2 Å². The molecule has 3 aromatic rings. The summed E-state index contributed by atoms with van der Waals surface area (Å²) in [5.74, 6) is 0.639. The van der Waals surface area contributed by atoms with Crippen LogP contribution in [-0.4, -0.2) is 21.5 Å². The highest BCUT2D eigenvalue weighted by Crippen LogP contribution is 2.31. The maximum Gasteiger partial charge on any atom is 0.261 e. The number of nitrogens with zero attached hydrogens (tertiary/aromatic N) is 3. The topological polar surface area (TPSA) is 63.8 Å². The highest BCUT2D eigenvalue weighted by Gasteiger charge is 2.11. The molecule has 0 amide bonds. The number of para-hydroxylation sites is 1. The highest BCUT2D eigenvalue weighted by molar-refractivity contribution is 7.99. The lowest BCUT2D eigenvalue weighted by Gasteiger charge is -2.07. The number of fused-ring (bicyclic) bond motifs is 1. The van der Waals surface area contributed by atoms with Gasteiger partial charge in [-0.3, -0.25) is 0 Å². The van der Waals surface area contributed by atoms with Gasteiger partial charge in [-0.2, -0.15) is 0 Å². The molecule has 0 aliphatic heterocycles. The number of oxazole rings is 1. The van der Waals surface area contributed by atoms with Gasteiger partial charge >= 0.3 is 0 Å². The summed E-state index contributed by atoms with van der Waals surface area (Å²) in [4.78, 5) is 13.2. The molecule has 2 heterocycles. The summed E-state index contributed by atoms with van der Waals surface area (Å²) in [6.45, 7) is 2.96. The Bertz CT molecular complexity index is 699. The highest BCUT2D eigenvalue weighted by atomic mass is 32.2. The molecule has 1 aromatic carbocycles. The van der Waals surface area contributed by atoms with Gasteiger partial charge in [0, 0.05) is 11.9 Å². The van der Waals surface area contributed by atoms with Crippen LogP contribution < -0.4 is 5.32 Å². The molecule has 2 aromatic heterocycles. The van der Waals surface area contributed by atoms with E-state index in [1.54, 1.807) is 12.5 Å². The van der Waals surface area contributed by atoms with Crippen LogP contribution in [0.2, 0.25) is 0 Å². The number of aromatic nitrogens is 3. The number of anilines is 1. The second kappa shape index (κ2) is 5.92. The number of rotatable bonds is 5. The monoisotopic (exact) mass is 286 g/mol. The molecular weight excluding hydrogens is 272 g/mol. The van der Waals surface area contributed by atoms with Gasteiger partial charge in [-0.25, -0.2) is 15.0 Å². The minimum Gasteiger partial charge on any atom is -0.440 e. The summed E-state index contributed by atoms with van der Waals surface area (Å²) in [7, 11) is 0. The Balaban J connectivity index is 2.02. The van der Waals surface area contributed by atoms with E-state index in [1.165, 1.54) is 11.8 Å². The molecule has 0 bridgehead atoms. The molecule has 0 spiro atoms. The summed E-state index contributed by atoms with van der Waals surface area (Å²) in [6, 6.07) is 7.93. The Kier molecular flexibility index (Phi) is 3.83. The van der Waals surface area contributed by atoms with Crippen LogP contribution in [0, 0.1) is 0 Å². The lowest BCUT2D eigenvalue weighted by Crippen LogP contribution is -2.05. The van der Waals surface area contributed by atoms with Crippen LogP contribution in [-0.2, 0) is 0 Å². The normalized spacial score (nSPS) is 10.8. The molecule has 3 rings (SSSR count). The minimum absolute atomic E-state index is 0.579. The average molecular weight is 286 g/mol. The molecule has 0 aliphatic carbocycles. The molecule has 0 fully saturated rings. The van der Waals surface area contributed by atoms with Crippen molar-refractivity contribution in [1.29, 1.82) is 0 Å². The Morgan fingerprint density at radius 1 is 1.25 bits per heavy atom. The summed E-state index contributed by atoms with van der Waals surface area (Å²) in [5.41, 5.74) is 0.912. The number of hydrogen-bond donors (Lipinski definition) is 1. The molecule has 20 heavy (non-hydrogen) atoms. The molecule has 0 unspecified atom stereocenters. The summed E-state index contributed by atoms with van der Waals surface area (Å²) < 4.78 is 5.28. The SMILES string of the molecule is CCCNc1nc(Sc2ncco2)c2ccccc2n1. The van der Waals surface area contributed by atoms with Gasteiger partial charge in [0.25, 0.3) is 5.22 Å². The fraction of sp³-hybridized carbons (Fsp3) is 0.214. The Labute approximate surface area is 120 Å². The van der Waals surface area contributed by atoms with Crippen molar-refractivity contribution in [2.24, 2.45) is 0 Å². The van der Waals surface area contributed by atoms with Gasteiger partial charge in [0.15, 0.2) is 0 Å². The van der Waals surface area contributed by atoms with Gasteiger partial charge in [0.05, 0.1) is 11.7 Å². The van der Waals surface area contributed by atoms with Crippen molar-refractivity contribution in [1.82, 2.24) is 15.0 Å². The Morgan fingerprint density at radius 3 is 2.95 bits per heavy atom. The first kappa shape index (κ1) is 12.9. The molecule has 0 aliphatic rings. The lowest BCUT2D eigenvalue weighted by molar-refractivity contribution is 0.454. The fourth-order valence-electron chi connectivity index (χ4n) is 1.78. The first-order chi connectivity index (χ1) is 9.86. The molecule has 1 N–H and O–H groups in total. The number of nitrogens with one attached hydrogen (secondary N) is 1. The molecule has 0 saturated carbocycles. The smallest absolute Gasteiger partial charge is 0.261 e. The van der Waals surface area contributed by atoms with Crippen LogP contribution in [0.25, 0.3) is 10.9 Å². The van der Waals surface area contributed by atoms with E-state index in [2.05, 4.69) is 27.2 Å². The van der Waals surface area contributed by atoms with Gasteiger partial charge in [-0.15, -0.1) is 0 Å². The summed E-state index contributed by atoms with van der Waals surface area (Å²) in [5, 5.41) is 5.64. The van der Waals surface area contributed by atoms with Crippen molar-refractivity contribution >= 4 is 28.6 Å². The third-order valence-electron chi connectivity index (χ3n) is 2.70. The number of benzene rings is 1. The predicted octanol–water partition coefficient (Wildman–Crippen LogP) is 3.59. The van der Waals surface area contributed by atoms with Gasteiger partial charge in [0.2, 0.25) is 5.95 Å². The Hall–Kier alpha value is -2.08. The third kappa shape index (κ3) is 2.75. The largest absolute Gasteiger partial charge is 0.440 e. The van der Waals surface area contributed by atoms with Crippen molar-refractivity contribution in [3.05, 3.63) is 36.7 Å². The van der Waals surface area contributed by atoms with E-state index in [0.29, 0.717) is 11.2 Å². The van der Waals surface area contributed by atoms with Gasteiger partial charge in [-0.1, -0.05) is 25.1 Å². The van der Waals surface area contributed by atoms with Crippen molar-refractivity contribution in [3.8, 4) is 0 Å². The predicted molar refractivity (Wildman–Crippen MR) is 78.9 cm³/mol. The van der Waals surface area contributed by atoms with E-state index in [0.717, 1.165) is 28.9 Å². The van der Waals surface area contributed by atoms with Crippen LogP contribution in [0.1, 0.15) is 13.3 Å². The quantitative estimate of drug-likeness (QED) is 0.723. The summed E-state index contributed by atoms with van der Waals surface area (Å²) in [6.07, 6.45) is 4.21. The minimum atomic E-state index is 0.579. The van der Waals surface area contributed by atoms with Crippen LogP contribution in [0.4, 0.5) is 5.95 Å². The fourth-order valence-corrected chi connectivity index (χ4v) is 2.58. The van der Waals surface area contributed by atoms with E-state index < -0.39 is 0 Å². The third-order valence-corrected chi connectivity index (χ3v) is 3.58. The maximum absolute atomic E-state index is 5.28. The molecule has 5 nitrogen and oxygen atoms in total. The van der Waals surface area contributed by atoms with Gasteiger partial charge in [0.1, 0.15) is 11.3 Å². The van der Waals surface area contributed by atoms with Crippen molar-refractivity contribution < 1.29 is 4.42 Å².